The molecule has 2 aromatic heterocycles. The lowest BCUT2D eigenvalue weighted by atomic mass is 9.85. The summed E-state index contributed by atoms with van der Waals surface area (Å²) in [5.41, 5.74) is 1.42. The second kappa shape index (κ2) is 5.47. The topological polar surface area (TPSA) is 46.8 Å². The maximum absolute atomic E-state index is 4.39. The molecule has 0 atom stereocenters. The summed E-state index contributed by atoms with van der Waals surface area (Å²) in [7, 11) is 0. The van der Waals surface area contributed by atoms with E-state index in [0.29, 0.717) is 5.41 Å². The first-order valence-corrected chi connectivity index (χ1v) is 7.65. The van der Waals surface area contributed by atoms with Gasteiger partial charge in [0.2, 0.25) is 0 Å². The summed E-state index contributed by atoms with van der Waals surface area (Å²) in [5.74, 6) is 1.74. The highest BCUT2D eigenvalue weighted by atomic mass is 15.4. The molecule has 3 rings (SSSR count). The van der Waals surface area contributed by atoms with Crippen LogP contribution >= 0.6 is 0 Å². The van der Waals surface area contributed by atoms with Crippen molar-refractivity contribution < 1.29 is 0 Å². The number of anilines is 1. The largest absolute Gasteiger partial charge is 0.355 e. The zero-order chi connectivity index (χ0) is 14.9. The zero-order valence-electron chi connectivity index (χ0n) is 13.1. The monoisotopic (exact) mass is 285 g/mol. The Morgan fingerprint density at radius 2 is 1.76 bits per heavy atom. The molecule has 1 fully saturated rings. The van der Waals surface area contributed by atoms with Gasteiger partial charge in [0.05, 0.1) is 5.69 Å². The minimum Gasteiger partial charge on any atom is -0.355 e. The second-order valence-corrected chi connectivity index (χ2v) is 6.66. The van der Waals surface area contributed by atoms with Crippen molar-refractivity contribution in [3.63, 3.8) is 0 Å². The first kappa shape index (κ1) is 14.0. The summed E-state index contributed by atoms with van der Waals surface area (Å²) in [4.78, 5) is 2.35. The molecule has 0 radical (unpaired) electrons. The second-order valence-electron chi connectivity index (χ2n) is 6.66. The number of aromatic nitrogens is 4. The van der Waals surface area contributed by atoms with Gasteiger partial charge < -0.3 is 4.90 Å². The van der Waals surface area contributed by atoms with E-state index in [-0.39, 0.29) is 0 Å². The molecule has 5 heteroatoms. The van der Waals surface area contributed by atoms with E-state index in [1.807, 2.05) is 25.3 Å². The summed E-state index contributed by atoms with van der Waals surface area (Å²) in [5, 5.41) is 13.1. The normalized spacial score (nSPS) is 18.5. The molecule has 2 aromatic rings. The van der Waals surface area contributed by atoms with E-state index < -0.39 is 0 Å². The molecular formula is C16H23N5. The van der Waals surface area contributed by atoms with Crippen LogP contribution in [0.1, 0.15) is 38.8 Å². The van der Waals surface area contributed by atoms with Crippen molar-refractivity contribution in [2.45, 2.75) is 40.0 Å². The molecule has 21 heavy (non-hydrogen) atoms. The minimum atomic E-state index is 0.439. The fourth-order valence-corrected chi connectivity index (χ4v) is 2.80. The van der Waals surface area contributed by atoms with Gasteiger partial charge in [0, 0.05) is 19.3 Å². The Morgan fingerprint density at radius 1 is 1.00 bits per heavy atom. The van der Waals surface area contributed by atoms with Crippen molar-refractivity contribution in [3.8, 4) is 5.82 Å². The predicted molar refractivity (Wildman–Crippen MR) is 83.7 cm³/mol. The molecule has 1 aliphatic heterocycles. The van der Waals surface area contributed by atoms with Gasteiger partial charge in [0.15, 0.2) is 11.6 Å². The van der Waals surface area contributed by atoms with E-state index in [9.17, 15) is 0 Å². The summed E-state index contributed by atoms with van der Waals surface area (Å²) >= 11 is 0. The fourth-order valence-electron chi connectivity index (χ4n) is 2.80. The van der Waals surface area contributed by atoms with Gasteiger partial charge in [-0.25, -0.2) is 4.68 Å². The molecule has 112 valence electrons. The van der Waals surface area contributed by atoms with Crippen molar-refractivity contribution in [2.24, 2.45) is 5.41 Å². The highest BCUT2D eigenvalue weighted by Gasteiger charge is 2.23. The van der Waals surface area contributed by atoms with Gasteiger partial charge >= 0.3 is 0 Å². The maximum atomic E-state index is 4.39. The number of hydrogen-bond donors (Lipinski definition) is 0. The molecule has 0 N–H and O–H groups in total. The summed E-state index contributed by atoms with van der Waals surface area (Å²) in [6.07, 6.45) is 5.61. The van der Waals surface area contributed by atoms with Crippen LogP contribution in [0.15, 0.2) is 24.4 Å². The quantitative estimate of drug-likeness (QED) is 0.851. The average molecular weight is 285 g/mol. The van der Waals surface area contributed by atoms with Gasteiger partial charge in [-0.2, -0.15) is 5.10 Å². The van der Waals surface area contributed by atoms with Crippen LogP contribution < -0.4 is 4.90 Å². The summed E-state index contributed by atoms with van der Waals surface area (Å²) in [6, 6.07) is 6.01. The number of aryl methyl sites for hydroxylation is 1. The van der Waals surface area contributed by atoms with Crippen LogP contribution in [-0.2, 0) is 0 Å². The molecule has 0 unspecified atom stereocenters. The van der Waals surface area contributed by atoms with E-state index in [2.05, 4.69) is 40.1 Å². The maximum Gasteiger partial charge on any atom is 0.175 e. The molecular weight excluding hydrogens is 262 g/mol. The van der Waals surface area contributed by atoms with Crippen LogP contribution in [0.2, 0.25) is 0 Å². The Hall–Kier alpha value is -1.91. The van der Waals surface area contributed by atoms with Crippen molar-refractivity contribution >= 4 is 5.82 Å². The molecule has 5 nitrogen and oxygen atoms in total. The number of rotatable bonds is 2. The Labute approximate surface area is 126 Å². The van der Waals surface area contributed by atoms with Crippen LogP contribution in [0.3, 0.4) is 0 Å². The molecule has 1 aliphatic rings. The van der Waals surface area contributed by atoms with E-state index in [4.69, 9.17) is 0 Å². The third kappa shape index (κ3) is 3.23. The first-order valence-electron chi connectivity index (χ1n) is 7.65. The summed E-state index contributed by atoms with van der Waals surface area (Å²) in [6.45, 7) is 8.80. The van der Waals surface area contributed by atoms with Crippen molar-refractivity contribution in [1.82, 2.24) is 20.0 Å². The van der Waals surface area contributed by atoms with Gasteiger partial charge in [-0.3, -0.25) is 0 Å². The van der Waals surface area contributed by atoms with E-state index in [1.165, 1.54) is 19.3 Å². The molecule has 0 bridgehead atoms. The third-order valence-electron chi connectivity index (χ3n) is 4.26. The van der Waals surface area contributed by atoms with Crippen LogP contribution in [0.5, 0.6) is 0 Å². The molecule has 0 amide bonds. The van der Waals surface area contributed by atoms with Crippen LogP contribution in [0.4, 0.5) is 5.82 Å². The Balaban J connectivity index is 1.75. The number of hydrogen-bond acceptors (Lipinski definition) is 4. The Morgan fingerprint density at radius 3 is 2.43 bits per heavy atom. The molecule has 3 heterocycles. The van der Waals surface area contributed by atoms with Crippen LogP contribution in [0.25, 0.3) is 5.82 Å². The van der Waals surface area contributed by atoms with Crippen molar-refractivity contribution in [2.75, 3.05) is 18.0 Å². The highest BCUT2D eigenvalue weighted by Crippen LogP contribution is 2.31. The lowest BCUT2D eigenvalue weighted by Gasteiger charge is -2.23. The van der Waals surface area contributed by atoms with Crippen LogP contribution in [0, 0.1) is 12.3 Å². The lowest BCUT2D eigenvalue weighted by Crippen LogP contribution is -2.26. The van der Waals surface area contributed by atoms with E-state index in [1.54, 1.807) is 4.68 Å². The zero-order valence-corrected chi connectivity index (χ0v) is 13.1. The molecule has 0 aliphatic carbocycles. The van der Waals surface area contributed by atoms with Crippen molar-refractivity contribution in [3.05, 3.63) is 30.1 Å². The first-order chi connectivity index (χ1) is 10.0. The third-order valence-corrected chi connectivity index (χ3v) is 4.26. The van der Waals surface area contributed by atoms with Crippen molar-refractivity contribution in [1.29, 1.82) is 0 Å². The van der Waals surface area contributed by atoms with Gasteiger partial charge in [-0.05, 0) is 49.8 Å². The molecule has 0 saturated carbocycles. The fraction of sp³-hybridized carbons (Fsp3) is 0.562. The highest BCUT2D eigenvalue weighted by molar-refractivity contribution is 5.39. The van der Waals surface area contributed by atoms with Gasteiger partial charge in [-0.15, -0.1) is 10.2 Å². The average Bonchev–Trinajstić information content (AvgIpc) is 2.80. The Bertz CT molecular complexity index is 599. The van der Waals surface area contributed by atoms with Gasteiger partial charge in [0.25, 0.3) is 0 Å². The predicted octanol–water partition coefficient (Wildman–Crippen LogP) is 2.99. The van der Waals surface area contributed by atoms with E-state index >= 15 is 0 Å². The molecule has 1 saturated heterocycles. The standard InChI is InChI=1S/C16H23N5/c1-13-7-11-21(19-13)15-6-5-14(17-18-15)20-10-4-8-16(2,3)9-12-20/h5-7,11H,4,8-10,12H2,1-3H3. The van der Waals surface area contributed by atoms with E-state index in [0.717, 1.165) is 30.4 Å². The summed E-state index contributed by atoms with van der Waals surface area (Å²) < 4.78 is 1.76. The minimum absolute atomic E-state index is 0.439. The smallest absolute Gasteiger partial charge is 0.175 e. The SMILES string of the molecule is Cc1ccn(-c2ccc(N3CCCC(C)(C)CC3)nn2)n1. The van der Waals surface area contributed by atoms with Gasteiger partial charge in [0.1, 0.15) is 0 Å². The molecule has 0 aromatic carbocycles. The van der Waals surface area contributed by atoms with Gasteiger partial charge in [-0.1, -0.05) is 13.8 Å². The number of nitrogens with zero attached hydrogens (tertiary/aromatic N) is 5. The van der Waals surface area contributed by atoms with Crippen LogP contribution in [-0.4, -0.2) is 33.1 Å². The lowest BCUT2D eigenvalue weighted by molar-refractivity contribution is 0.325. The Kier molecular flexibility index (Phi) is 3.66. The molecule has 0 spiro atoms.